The van der Waals surface area contributed by atoms with Crippen LogP contribution in [0.15, 0.2) is 46.0 Å². The van der Waals surface area contributed by atoms with Crippen LogP contribution in [-0.2, 0) is 21.4 Å². The molecule has 0 unspecified atom stereocenters. The molecule has 1 aliphatic rings. The lowest BCUT2D eigenvalue weighted by Crippen LogP contribution is -2.27. The summed E-state index contributed by atoms with van der Waals surface area (Å²) in [4.78, 5) is 23.9. The lowest BCUT2D eigenvalue weighted by atomic mass is 10.2. The number of benzene rings is 1. The highest BCUT2D eigenvalue weighted by Crippen LogP contribution is 2.22. The Labute approximate surface area is 168 Å². The highest BCUT2D eigenvalue weighted by molar-refractivity contribution is 7.89. The molecule has 0 aliphatic heterocycles. The van der Waals surface area contributed by atoms with Gasteiger partial charge in [0, 0.05) is 36.5 Å². The van der Waals surface area contributed by atoms with Crippen LogP contribution in [-0.4, -0.2) is 32.8 Å². The molecule has 28 heavy (non-hydrogen) atoms. The topological polar surface area (TPSA) is 104 Å². The Morgan fingerprint density at radius 1 is 1.07 bits per heavy atom. The Morgan fingerprint density at radius 2 is 1.82 bits per heavy atom. The van der Waals surface area contributed by atoms with Gasteiger partial charge in [0.1, 0.15) is 0 Å². The van der Waals surface area contributed by atoms with E-state index in [2.05, 4.69) is 15.4 Å². The quantitative estimate of drug-likeness (QED) is 0.511. The Kier molecular flexibility index (Phi) is 6.82. The third-order valence-corrected chi connectivity index (χ3v) is 6.49. The first-order chi connectivity index (χ1) is 13.4. The number of rotatable bonds is 10. The van der Waals surface area contributed by atoms with E-state index in [1.165, 1.54) is 11.3 Å². The SMILES string of the molecule is O=C(CCCNC(=O)c1ccsc1)NCc1ccc(S(=O)(=O)NC2CC2)cc1. The molecule has 7 nitrogen and oxygen atoms in total. The Bertz CT molecular complexity index is 905. The van der Waals surface area contributed by atoms with E-state index in [1.54, 1.807) is 35.7 Å². The highest BCUT2D eigenvalue weighted by Gasteiger charge is 2.27. The molecule has 1 aromatic heterocycles. The zero-order valence-corrected chi connectivity index (χ0v) is 16.9. The molecule has 3 rings (SSSR count). The van der Waals surface area contributed by atoms with Crippen LogP contribution in [0.25, 0.3) is 0 Å². The summed E-state index contributed by atoms with van der Waals surface area (Å²) in [6.45, 7) is 0.763. The molecular weight excluding hydrogens is 398 g/mol. The van der Waals surface area contributed by atoms with Crippen molar-refractivity contribution in [2.75, 3.05) is 6.54 Å². The van der Waals surface area contributed by atoms with Crippen molar-refractivity contribution in [3.63, 3.8) is 0 Å². The fourth-order valence-corrected chi connectivity index (χ4v) is 4.45. The summed E-state index contributed by atoms with van der Waals surface area (Å²) in [5.74, 6) is -0.246. The molecule has 0 radical (unpaired) electrons. The van der Waals surface area contributed by atoms with Gasteiger partial charge >= 0.3 is 0 Å². The van der Waals surface area contributed by atoms with E-state index in [0.29, 0.717) is 31.5 Å². The number of carbonyl (C=O) groups is 2. The van der Waals surface area contributed by atoms with E-state index in [-0.39, 0.29) is 22.8 Å². The molecule has 150 valence electrons. The van der Waals surface area contributed by atoms with Gasteiger partial charge in [-0.3, -0.25) is 9.59 Å². The van der Waals surface area contributed by atoms with Gasteiger partial charge in [0.15, 0.2) is 0 Å². The summed E-state index contributed by atoms with van der Waals surface area (Å²) in [7, 11) is -3.45. The van der Waals surface area contributed by atoms with Crippen LogP contribution in [0.5, 0.6) is 0 Å². The smallest absolute Gasteiger partial charge is 0.252 e. The first kappa shape index (κ1) is 20.5. The normalized spacial score (nSPS) is 13.9. The fourth-order valence-electron chi connectivity index (χ4n) is 2.51. The average Bonchev–Trinajstić information content (AvgIpc) is 3.30. The van der Waals surface area contributed by atoms with E-state index < -0.39 is 10.0 Å². The number of hydrogen-bond acceptors (Lipinski definition) is 5. The van der Waals surface area contributed by atoms with Crippen molar-refractivity contribution < 1.29 is 18.0 Å². The number of nitrogens with one attached hydrogen (secondary N) is 3. The maximum absolute atomic E-state index is 12.1. The van der Waals surface area contributed by atoms with E-state index in [0.717, 1.165) is 18.4 Å². The van der Waals surface area contributed by atoms with Gasteiger partial charge in [-0.15, -0.1) is 0 Å². The van der Waals surface area contributed by atoms with E-state index in [4.69, 9.17) is 0 Å². The van der Waals surface area contributed by atoms with Crippen LogP contribution in [0.1, 0.15) is 41.6 Å². The molecule has 9 heteroatoms. The van der Waals surface area contributed by atoms with E-state index in [1.807, 2.05) is 5.38 Å². The van der Waals surface area contributed by atoms with Gasteiger partial charge in [-0.1, -0.05) is 12.1 Å². The second kappa shape index (κ2) is 9.31. The second-order valence-corrected chi connectivity index (χ2v) is 9.18. The number of carbonyl (C=O) groups excluding carboxylic acids is 2. The van der Waals surface area contributed by atoms with Gasteiger partial charge in [0.05, 0.1) is 4.90 Å². The Hall–Kier alpha value is -2.23. The minimum absolute atomic E-state index is 0.0685. The molecule has 0 saturated heterocycles. The van der Waals surface area contributed by atoms with Crippen molar-refractivity contribution in [3.05, 3.63) is 52.2 Å². The average molecular weight is 422 g/mol. The van der Waals surface area contributed by atoms with Crippen LogP contribution >= 0.6 is 11.3 Å². The summed E-state index contributed by atoms with van der Waals surface area (Å²) in [6, 6.07) is 8.31. The third-order valence-electron chi connectivity index (χ3n) is 4.27. The zero-order chi connectivity index (χ0) is 20.0. The maximum Gasteiger partial charge on any atom is 0.252 e. The molecule has 0 bridgehead atoms. The van der Waals surface area contributed by atoms with Crippen molar-refractivity contribution in [1.29, 1.82) is 0 Å². The molecular formula is C19H23N3O4S2. The minimum atomic E-state index is -3.45. The second-order valence-electron chi connectivity index (χ2n) is 6.69. The number of sulfonamides is 1. The first-order valence-corrected chi connectivity index (χ1v) is 11.5. The third kappa shape index (κ3) is 6.15. The molecule has 0 spiro atoms. The van der Waals surface area contributed by atoms with Crippen LogP contribution < -0.4 is 15.4 Å². The predicted octanol–water partition coefficient (Wildman–Crippen LogP) is 2.02. The molecule has 1 aromatic carbocycles. The first-order valence-electron chi connectivity index (χ1n) is 9.12. The van der Waals surface area contributed by atoms with Crippen molar-refractivity contribution >= 4 is 33.2 Å². The van der Waals surface area contributed by atoms with Gasteiger partial charge in [0.25, 0.3) is 5.91 Å². The summed E-state index contributed by atoms with van der Waals surface area (Å²) in [5.41, 5.74) is 1.46. The van der Waals surface area contributed by atoms with Gasteiger partial charge in [-0.25, -0.2) is 13.1 Å². The standard InChI is InChI=1S/C19H23N3O4S2/c23-18(2-1-10-20-19(24)15-9-11-27-13-15)21-12-14-3-7-17(8-4-14)28(25,26)22-16-5-6-16/h3-4,7-9,11,13,16,22H,1-2,5-6,10,12H2,(H,20,24)(H,21,23). The van der Waals surface area contributed by atoms with Crippen molar-refractivity contribution in [1.82, 2.24) is 15.4 Å². The monoisotopic (exact) mass is 421 g/mol. The molecule has 1 aliphatic carbocycles. The van der Waals surface area contributed by atoms with E-state index in [9.17, 15) is 18.0 Å². The van der Waals surface area contributed by atoms with Crippen molar-refractivity contribution in [3.8, 4) is 0 Å². The summed E-state index contributed by atoms with van der Waals surface area (Å²) in [5, 5.41) is 9.20. The van der Waals surface area contributed by atoms with Crippen molar-refractivity contribution in [2.45, 2.75) is 43.2 Å². The lowest BCUT2D eigenvalue weighted by molar-refractivity contribution is -0.121. The van der Waals surface area contributed by atoms with Crippen LogP contribution in [0.2, 0.25) is 0 Å². The van der Waals surface area contributed by atoms with Gasteiger partial charge in [0.2, 0.25) is 15.9 Å². The number of amides is 2. The molecule has 2 amide bonds. The predicted molar refractivity (Wildman–Crippen MR) is 108 cm³/mol. The van der Waals surface area contributed by atoms with Crippen molar-refractivity contribution in [2.24, 2.45) is 0 Å². The Morgan fingerprint density at radius 3 is 2.46 bits per heavy atom. The minimum Gasteiger partial charge on any atom is -0.352 e. The summed E-state index contributed by atoms with van der Waals surface area (Å²) >= 11 is 1.46. The molecule has 3 N–H and O–H groups in total. The highest BCUT2D eigenvalue weighted by atomic mass is 32.2. The molecule has 1 heterocycles. The largest absolute Gasteiger partial charge is 0.352 e. The fraction of sp³-hybridized carbons (Fsp3) is 0.368. The van der Waals surface area contributed by atoms with Crippen LogP contribution in [0, 0.1) is 0 Å². The Balaban J connectivity index is 1.35. The summed E-state index contributed by atoms with van der Waals surface area (Å²) in [6.07, 6.45) is 2.63. The van der Waals surface area contributed by atoms with E-state index >= 15 is 0 Å². The summed E-state index contributed by atoms with van der Waals surface area (Å²) < 4.78 is 26.9. The maximum atomic E-state index is 12.1. The van der Waals surface area contributed by atoms with Gasteiger partial charge in [-0.2, -0.15) is 11.3 Å². The van der Waals surface area contributed by atoms with Crippen LogP contribution in [0.3, 0.4) is 0 Å². The lowest BCUT2D eigenvalue weighted by Gasteiger charge is -2.08. The zero-order valence-electron chi connectivity index (χ0n) is 15.3. The molecule has 1 fully saturated rings. The molecule has 2 aromatic rings. The van der Waals surface area contributed by atoms with Gasteiger partial charge < -0.3 is 10.6 Å². The van der Waals surface area contributed by atoms with Crippen LogP contribution in [0.4, 0.5) is 0 Å². The van der Waals surface area contributed by atoms with Gasteiger partial charge in [-0.05, 0) is 48.4 Å². The number of thiophene rings is 1. The molecule has 1 saturated carbocycles. The number of hydrogen-bond donors (Lipinski definition) is 3. The molecule has 0 atom stereocenters.